The Kier molecular flexibility index (Phi) is 5.23. The van der Waals surface area contributed by atoms with Crippen LogP contribution in [0.5, 0.6) is 11.5 Å². The summed E-state index contributed by atoms with van der Waals surface area (Å²) in [5, 5.41) is 11.3. The number of nitriles is 1. The zero-order chi connectivity index (χ0) is 21.1. The lowest BCUT2D eigenvalue weighted by atomic mass is 9.96. The van der Waals surface area contributed by atoms with Crippen molar-refractivity contribution in [1.82, 2.24) is 4.57 Å². The summed E-state index contributed by atoms with van der Waals surface area (Å²) in [6.45, 7) is 0.285. The zero-order valence-corrected chi connectivity index (χ0v) is 16.8. The molecule has 0 aliphatic rings. The topological polar surface area (TPSA) is 64.2 Å². The number of methoxy groups -OCH3 is 2. The molecule has 3 aromatic carbocycles. The molecule has 4 aromatic rings. The van der Waals surface area contributed by atoms with E-state index in [9.17, 15) is 10.1 Å². The van der Waals surface area contributed by atoms with Crippen LogP contribution in [0.2, 0.25) is 0 Å². The minimum absolute atomic E-state index is 0.209. The number of rotatable bonds is 5. The van der Waals surface area contributed by atoms with E-state index in [-0.39, 0.29) is 12.1 Å². The van der Waals surface area contributed by atoms with E-state index in [1.165, 1.54) is 0 Å². The second-order valence-corrected chi connectivity index (χ2v) is 6.85. The Hall–Kier alpha value is -4.04. The highest BCUT2D eigenvalue weighted by Gasteiger charge is 2.19. The predicted octanol–water partition coefficient (Wildman–Crippen LogP) is 4.61. The van der Waals surface area contributed by atoms with Crippen LogP contribution in [0.25, 0.3) is 21.9 Å². The van der Waals surface area contributed by atoms with Gasteiger partial charge >= 0.3 is 0 Å². The van der Waals surface area contributed by atoms with Gasteiger partial charge in [-0.25, -0.2) is 0 Å². The molecule has 1 heterocycles. The molecular formula is C25H20N2O3. The predicted molar refractivity (Wildman–Crippen MR) is 117 cm³/mol. The number of hydrogen-bond acceptors (Lipinski definition) is 4. The number of hydrogen-bond donors (Lipinski definition) is 0. The van der Waals surface area contributed by atoms with E-state index in [2.05, 4.69) is 6.07 Å². The number of aromatic nitrogens is 1. The monoisotopic (exact) mass is 396 g/mol. The van der Waals surface area contributed by atoms with E-state index in [0.29, 0.717) is 22.2 Å². The molecule has 1 aromatic heterocycles. The number of benzene rings is 3. The molecule has 0 saturated carbocycles. The molecule has 0 atom stereocenters. The van der Waals surface area contributed by atoms with E-state index in [1.54, 1.807) is 30.9 Å². The molecule has 0 fully saturated rings. The SMILES string of the molecule is COc1ccc(Cn2c(C#N)c(-c3ccccc3)c3cc(OC)ccc3c2=O)cc1. The fraction of sp³-hybridized carbons (Fsp3) is 0.120. The maximum atomic E-state index is 13.4. The summed E-state index contributed by atoms with van der Waals surface area (Å²) >= 11 is 0. The van der Waals surface area contributed by atoms with Crippen molar-refractivity contribution >= 4 is 10.8 Å². The summed E-state index contributed by atoms with van der Waals surface area (Å²) in [4.78, 5) is 13.4. The standard InChI is InChI=1S/C25H20N2O3/c1-29-19-10-8-17(9-11-19)16-27-23(15-26)24(18-6-4-3-5-7-18)22-14-20(30-2)12-13-21(22)25(27)28/h3-14H,16H2,1-2H3. The molecule has 148 valence electrons. The van der Waals surface area contributed by atoms with Crippen molar-refractivity contribution in [2.45, 2.75) is 6.54 Å². The summed E-state index contributed by atoms with van der Waals surface area (Å²) in [5.41, 5.74) is 2.61. The lowest BCUT2D eigenvalue weighted by Crippen LogP contribution is -2.24. The zero-order valence-electron chi connectivity index (χ0n) is 16.8. The molecule has 0 radical (unpaired) electrons. The highest BCUT2D eigenvalue weighted by Crippen LogP contribution is 2.32. The quantitative estimate of drug-likeness (QED) is 0.494. The summed E-state index contributed by atoms with van der Waals surface area (Å²) in [5.74, 6) is 1.37. The maximum Gasteiger partial charge on any atom is 0.259 e. The Balaban J connectivity index is 2.02. The van der Waals surface area contributed by atoms with Crippen molar-refractivity contribution in [1.29, 1.82) is 5.26 Å². The molecule has 30 heavy (non-hydrogen) atoms. The molecule has 0 aliphatic carbocycles. The van der Waals surface area contributed by atoms with E-state index in [4.69, 9.17) is 9.47 Å². The number of pyridine rings is 1. The van der Waals surface area contributed by atoms with Crippen molar-refractivity contribution in [2.75, 3.05) is 14.2 Å². The van der Waals surface area contributed by atoms with Crippen LogP contribution in [0.1, 0.15) is 11.3 Å². The second-order valence-electron chi connectivity index (χ2n) is 6.85. The average Bonchev–Trinajstić information content (AvgIpc) is 2.81. The number of ether oxygens (including phenoxy) is 2. The number of fused-ring (bicyclic) bond motifs is 1. The van der Waals surface area contributed by atoms with Gasteiger partial charge in [0.1, 0.15) is 23.3 Å². The third kappa shape index (κ3) is 3.40. The lowest BCUT2D eigenvalue weighted by Gasteiger charge is -2.17. The summed E-state index contributed by atoms with van der Waals surface area (Å²) in [6, 6.07) is 24.7. The first-order chi connectivity index (χ1) is 14.7. The Morgan fingerprint density at radius 1 is 0.867 bits per heavy atom. The van der Waals surface area contributed by atoms with Gasteiger partial charge in [0, 0.05) is 16.3 Å². The molecule has 0 bridgehead atoms. The fourth-order valence-electron chi connectivity index (χ4n) is 3.63. The van der Waals surface area contributed by atoms with Crippen LogP contribution in [-0.2, 0) is 6.54 Å². The van der Waals surface area contributed by atoms with Crippen molar-refractivity contribution in [3.8, 4) is 28.7 Å². The molecule has 5 nitrogen and oxygen atoms in total. The van der Waals surface area contributed by atoms with Gasteiger partial charge in [0.2, 0.25) is 0 Å². The molecule has 0 aliphatic heterocycles. The van der Waals surface area contributed by atoms with Crippen LogP contribution in [0.3, 0.4) is 0 Å². The largest absolute Gasteiger partial charge is 0.497 e. The van der Waals surface area contributed by atoms with E-state index < -0.39 is 0 Å². The molecule has 0 saturated heterocycles. The Morgan fingerprint density at radius 3 is 2.17 bits per heavy atom. The molecule has 0 N–H and O–H groups in total. The molecule has 4 rings (SSSR count). The Labute approximate surface area is 174 Å². The third-order valence-electron chi connectivity index (χ3n) is 5.15. The molecule has 0 amide bonds. The Morgan fingerprint density at radius 2 is 1.53 bits per heavy atom. The minimum Gasteiger partial charge on any atom is -0.497 e. The first kappa shape index (κ1) is 19.3. The highest BCUT2D eigenvalue weighted by atomic mass is 16.5. The van der Waals surface area contributed by atoms with Crippen molar-refractivity contribution in [2.24, 2.45) is 0 Å². The molecular weight excluding hydrogens is 376 g/mol. The van der Waals surface area contributed by atoms with Crippen LogP contribution in [0, 0.1) is 11.3 Å². The lowest BCUT2D eigenvalue weighted by molar-refractivity contribution is 0.414. The van der Waals surface area contributed by atoms with Gasteiger partial charge in [0.15, 0.2) is 0 Å². The van der Waals surface area contributed by atoms with Crippen molar-refractivity contribution in [3.63, 3.8) is 0 Å². The normalized spacial score (nSPS) is 10.6. The van der Waals surface area contributed by atoms with E-state index >= 15 is 0 Å². The average molecular weight is 396 g/mol. The van der Waals surface area contributed by atoms with Crippen LogP contribution < -0.4 is 15.0 Å². The second kappa shape index (κ2) is 8.14. The molecule has 0 unspecified atom stereocenters. The van der Waals surface area contributed by atoms with E-state index in [1.807, 2.05) is 60.7 Å². The van der Waals surface area contributed by atoms with Crippen LogP contribution in [0.4, 0.5) is 0 Å². The van der Waals surface area contributed by atoms with Gasteiger partial charge in [-0.2, -0.15) is 5.26 Å². The van der Waals surface area contributed by atoms with Gasteiger partial charge < -0.3 is 9.47 Å². The summed E-state index contributed by atoms with van der Waals surface area (Å²) < 4.78 is 12.1. The van der Waals surface area contributed by atoms with Crippen LogP contribution in [0.15, 0.2) is 77.6 Å². The first-order valence-electron chi connectivity index (χ1n) is 9.49. The van der Waals surface area contributed by atoms with Crippen LogP contribution >= 0.6 is 0 Å². The maximum absolute atomic E-state index is 13.4. The highest BCUT2D eigenvalue weighted by molar-refractivity contribution is 5.99. The third-order valence-corrected chi connectivity index (χ3v) is 5.15. The summed E-state index contributed by atoms with van der Waals surface area (Å²) in [7, 11) is 3.19. The van der Waals surface area contributed by atoms with Gasteiger partial charge in [-0.1, -0.05) is 42.5 Å². The smallest absolute Gasteiger partial charge is 0.259 e. The minimum atomic E-state index is -0.209. The van der Waals surface area contributed by atoms with Crippen LogP contribution in [-0.4, -0.2) is 18.8 Å². The van der Waals surface area contributed by atoms with Gasteiger partial charge in [0.25, 0.3) is 5.56 Å². The van der Waals surface area contributed by atoms with Gasteiger partial charge in [0.05, 0.1) is 20.8 Å². The van der Waals surface area contributed by atoms with E-state index in [0.717, 1.165) is 22.4 Å². The van der Waals surface area contributed by atoms with Gasteiger partial charge in [-0.3, -0.25) is 9.36 Å². The van der Waals surface area contributed by atoms with Crippen molar-refractivity contribution in [3.05, 3.63) is 94.4 Å². The molecule has 0 spiro atoms. The first-order valence-corrected chi connectivity index (χ1v) is 9.49. The Bertz CT molecular complexity index is 1300. The fourth-order valence-corrected chi connectivity index (χ4v) is 3.63. The van der Waals surface area contributed by atoms with Gasteiger partial charge in [-0.15, -0.1) is 0 Å². The number of nitrogens with zero attached hydrogens (tertiary/aromatic N) is 2. The van der Waals surface area contributed by atoms with Crippen molar-refractivity contribution < 1.29 is 9.47 Å². The molecule has 5 heteroatoms. The summed E-state index contributed by atoms with van der Waals surface area (Å²) in [6.07, 6.45) is 0. The van der Waals surface area contributed by atoms with Gasteiger partial charge in [-0.05, 0) is 41.5 Å².